The summed E-state index contributed by atoms with van der Waals surface area (Å²) in [5, 5.41) is 3.05. The highest BCUT2D eigenvalue weighted by Gasteiger charge is 2.43. The lowest BCUT2D eigenvalue weighted by Gasteiger charge is -2.20. The Hall–Kier alpha value is -2.44. The Bertz CT molecular complexity index is 766. The van der Waals surface area contributed by atoms with Crippen LogP contribution in [0.4, 0.5) is 0 Å². The number of likely N-dealkylation sites (tertiary alicyclic amines) is 1. The van der Waals surface area contributed by atoms with Crippen molar-refractivity contribution < 1.29 is 14.3 Å². The van der Waals surface area contributed by atoms with Crippen LogP contribution in [0.2, 0.25) is 0 Å². The first kappa shape index (κ1) is 17.9. The second-order valence-corrected chi connectivity index (χ2v) is 7.28. The molecule has 0 unspecified atom stereocenters. The largest absolute Gasteiger partial charge is 0.497 e. The highest BCUT2D eigenvalue weighted by Crippen LogP contribution is 2.34. The van der Waals surface area contributed by atoms with Gasteiger partial charge in [-0.3, -0.25) is 14.7 Å². The summed E-state index contributed by atoms with van der Waals surface area (Å²) in [4.78, 5) is 18.6. The average molecular weight is 367 g/mol. The normalized spacial score (nSPS) is 24.6. The molecule has 2 aliphatic rings. The van der Waals surface area contributed by atoms with Crippen molar-refractivity contribution in [3.63, 3.8) is 0 Å². The summed E-state index contributed by atoms with van der Waals surface area (Å²) in [5.41, 5.74) is 1.92. The van der Waals surface area contributed by atoms with Crippen molar-refractivity contribution in [2.75, 3.05) is 33.4 Å². The van der Waals surface area contributed by atoms with Gasteiger partial charge in [-0.15, -0.1) is 0 Å². The topological polar surface area (TPSA) is 63.7 Å². The van der Waals surface area contributed by atoms with Crippen LogP contribution in [0.3, 0.4) is 0 Å². The zero-order chi connectivity index (χ0) is 18.6. The SMILES string of the molecule is COc1ccc(CN2C[C@H]3[C@@H](CNC(=O)c4ccncc4)CO[C@H]3C2)cc1. The van der Waals surface area contributed by atoms with Gasteiger partial charge in [0.25, 0.3) is 5.91 Å². The van der Waals surface area contributed by atoms with Crippen molar-refractivity contribution in [1.29, 1.82) is 0 Å². The van der Waals surface area contributed by atoms with Gasteiger partial charge in [0.15, 0.2) is 0 Å². The Labute approximate surface area is 159 Å². The van der Waals surface area contributed by atoms with Crippen molar-refractivity contribution >= 4 is 5.91 Å². The van der Waals surface area contributed by atoms with Crippen molar-refractivity contribution in [2.45, 2.75) is 12.6 Å². The molecule has 1 amide bonds. The standard InChI is InChI=1S/C21H25N3O3/c1-26-18-4-2-15(3-5-18)11-24-12-19-17(14-27-20(19)13-24)10-23-21(25)16-6-8-22-9-7-16/h2-9,17,19-20H,10-14H2,1H3,(H,23,25)/t17-,19-,20-/m0/s1. The molecule has 0 spiro atoms. The summed E-state index contributed by atoms with van der Waals surface area (Å²) >= 11 is 0. The van der Waals surface area contributed by atoms with E-state index < -0.39 is 0 Å². The molecule has 0 aliphatic carbocycles. The predicted molar refractivity (Wildman–Crippen MR) is 102 cm³/mol. The lowest BCUT2D eigenvalue weighted by Crippen LogP contribution is -2.34. The number of nitrogens with zero attached hydrogens (tertiary/aromatic N) is 2. The van der Waals surface area contributed by atoms with E-state index in [1.54, 1.807) is 31.6 Å². The molecule has 1 aromatic carbocycles. The maximum atomic E-state index is 12.3. The van der Waals surface area contributed by atoms with E-state index in [9.17, 15) is 4.79 Å². The van der Waals surface area contributed by atoms with Gasteiger partial charge in [0.2, 0.25) is 0 Å². The molecule has 2 fully saturated rings. The minimum absolute atomic E-state index is 0.0473. The van der Waals surface area contributed by atoms with E-state index >= 15 is 0 Å². The van der Waals surface area contributed by atoms with Gasteiger partial charge in [-0.05, 0) is 29.8 Å². The number of nitrogens with one attached hydrogen (secondary N) is 1. The molecule has 6 nitrogen and oxygen atoms in total. The van der Waals surface area contributed by atoms with E-state index in [2.05, 4.69) is 27.3 Å². The van der Waals surface area contributed by atoms with Gasteiger partial charge < -0.3 is 14.8 Å². The molecule has 142 valence electrons. The van der Waals surface area contributed by atoms with Crippen LogP contribution in [0, 0.1) is 11.8 Å². The Kier molecular flexibility index (Phi) is 5.36. The average Bonchev–Trinajstić information content (AvgIpc) is 3.28. The van der Waals surface area contributed by atoms with Gasteiger partial charge in [-0.2, -0.15) is 0 Å². The monoisotopic (exact) mass is 367 g/mol. The Morgan fingerprint density at radius 1 is 1.22 bits per heavy atom. The second-order valence-electron chi connectivity index (χ2n) is 7.28. The number of hydrogen-bond donors (Lipinski definition) is 1. The minimum Gasteiger partial charge on any atom is -0.497 e. The summed E-state index contributed by atoms with van der Waals surface area (Å²) in [6, 6.07) is 11.7. The lowest BCUT2D eigenvalue weighted by atomic mass is 9.93. The number of methoxy groups -OCH3 is 1. The third kappa shape index (κ3) is 4.12. The molecule has 3 heterocycles. The molecule has 4 rings (SSSR count). The van der Waals surface area contributed by atoms with Crippen molar-refractivity contribution in [3.8, 4) is 5.75 Å². The van der Waals surface area contributed by atoms with Crippen LogP contribution < -0.4 is 10.1 Å². The first-order valence-corrected chi connectivity index (χ1v) is 9.38. The molecule has 3 atom stereocenters. The first-order valence-electron chi connectivity index (χ1n) is 9.38. The molecule has 0 saturated carbocycles. The molecular weight excluding hydrogens is 342 g/mol. The smallest absolute Gasteiger partial charge is 0.251 e. The number of ether oxygens (including phenoxy) is 2. The van der Waals surface area contributed by atoms with E-state index in [1.807, 2.05) is 12.1 Å². The number of carbonyl (C=O) groups is 1. The van der Waals surface area contributed by atoms with E-state index in [0.29, 0.717) is 23.9 Å². The van der Waals surface area contributed by atoms with E-state index in [4.69, 9.17) is 9.47 Å². The molecule has 6 heteroatoms. The summed E-state index contributed by atoms with van der Waals surface area (Å²) in [6.07, 6.45) is 3.54. The van der Waals surface area contributed by atoms with Gasteiger partial charge >= 0.3 is 0 Å². The second kappa shape index (κ2) is 8.06. The molecule has 2 aromatic rings. The van der Waals surface area contributed by atoms with Crippen molar-refractivity contribution in [3.05, 3.63) is 59.9 Å². The van der Waals surface area contributed by atoms with E-state index in [-0.39, 0.29) is 12.0 Å². The van der Waals surface area contributed by atoms with Gasteiger partial charge in [0.05, 0.1) is 19.8 Å². The van der Waals surface area contributed by atoms with Crippen LogP contribution in [0.1, 0.15) is 15.9 Å². The highest BCUT2D eigenvalue weighted by molar-refractivity contribution is 5.93. The minimum atomic E-state index is -0.0473. The van der Waals surface area contributed by atoms with Crippen LogP contribution in [-0.2, 0) is 11.3 Å². The quantitative estimate of drug-likeness (QED) is 0.846. The zero-order valence-corrected chi connectivity index (χ0v) is 15.5. The van der Waals surface area contributed by atoms with Gasteiger partial charge in [-0.25, -0.2) is 0 Å². The number of hydrogen-bond acceptors (Lipinski definition) is 5. The summed E-state index contributed by atoms with van der Waals surface area (Å²) in [6.45, 7) is 4.25. The number of amides is 1. The number of benzene rings is 1. The van der Waals surface area contributed by atoms with Gasteiger partial charge in [0.1, 0.15) is 5.75 Å². The fourth-order valence-corrected chi connectivity index (χ4v) is 4.04. The lowest BCUT2D eigenvalue weighted by molar-refractivity contribution is 0.0903. The number of rotatable bonds is 6. The van der Waals surface area contributed by atoms with Crippen LogP contribution in [0.25, 0.3) is 0 Å². The van der Waals surface area contributed by atoms with Crippen LogP contribution in [0.5, 0.6) is 5.75 Å². The fraction of sp³-hybridized carbons (Fsp3) is 0.429. The fourth-order valence-electron chi connectivity index (χ4n) is 4.04. The number of carbonyl (C=O) groups excluding carboxylic acids is 1. The maximum absolute atomic E-state index is 12.3. The molecule has 1 N–H and O–H groups in total. The Balaban J connectivity index is 1.29. The van der Waals surface area contributed by atoms with Crippen LogP contribution in [0.15, 0.2) is 48.8 Å². The third-order valence-electron chi connectivity index (χ3n) is 5.55. The molecule has 0 radical (unpaired) electrons. The maximum Gasteiger partial charge on any atom is 0.251 e. The predicted octanol–water partition coefficient (Wildman–Crippen LogP) is 1.97. The molecule has 27 heavy (non-hydrogen) atoms. The molecule has 2 saturated heterocycles. The van der Waals surface area contributed by atoms with Gasteiger partial charge in [0, 0.05) is 56.0 Å². The highest BCUT2D eigenvalue weighted by atomic mass is 16.5. The Morgan fingerprint density at radius 2 is 2.00 bits per heavy atom. The number of pyridine rings is 1. The summed E-state index contributed by atoms with van der Waals surface area (Å²) in [5.74, 6) is 1.67. The summed E-state index contributed by atoms with van der Waals surface area (Å²) < 4.78 is 11.2. The zero-order valence-electron chi connectivity index (χ0n) is 15.5. The van der Waals surface area contributed by atoms with Crippen molar-refractivity contribution in [2.24, 2.45) is 11.8 Å². The van der Waals surface area contributed by atoms with E-state index in [0.717, 1.165) is 32.0 Å². The number of aromatic nitrogens is 1. The first-order chi connectivity index (χ1) is 13.2. The van der Waals surface area contributed by atoms with Gasteiger partial charge in [-0.1, -0.05) is 12.1 Å². The molecule has 0 bridgehead atoms. The van der Waals surface area contributed by atoms with Crippen molar-refractivity contribution in [1.82, 2.24) is 15.2 Å². The van der Waals surface area contributed by atoms with E-state index in [1.165, 1.54) is 5.56 Å². The number of fused-ring (bicyclic) bond motifs is 1. The van der Waals surface area contributed by atoms with Crippen LogP contribution in [-0.4, -0.2) is 55.2 Å². The Morgan fingerprint density at radius 3 is 2.74 bits per heavy atom. The molecule has 1 aromatic heterocycles. The molecule has 2 aliphatic heterocycles. The molecular formula is C21H25N3O3. The summed E-state index contributed by atoms with van der Waals surface area (Å²) in [7, 11) is 1.68. The third-order valence-corrected chi connectivity index (χ3v) is 5.55. The van der Waals surface area contributed by atoms with Crippen LogP contribution >= 0.6 is 0 Å².